The second kappa shape index (κ2) is 25.9. The first-order valence-corrected chi connectivity index (χ1v) is 23.9. The second-order valence-corrected chi connectivity index (χ2v) is 18.1. The van der Waals surface area contributed by atoms with Gasteiger partial charge in [-0.1, -0.05) is 35.9 Å². The number of nitrogens with zero attached hydrogens (tertiary/aromatic N) is 4. The number of para-hydroxylation sites is 1. The quantitative estimate of drug-likeness (QED) is 0.0491. The van der Waals surface area contributed by atoms with Gasteiger partial charge in [-0.25, -0.2) is 4.98 Å². The number of amides is 3. The van der Waals surface area contributed by atoms with Crippen LogP contribution in [0.1, 0.15) is 62.3 Å². The number of aromatic nitrogens is 1. The van der Waals surface area contributed by atoms with Crippen LogP contribution in [0.5, 0.6) is 0 Å². The largest absolute Gasteiger partial charge is 0.379 e. The van der Waals surface area contributed by atoms with Gasteiger partial charge in [-0.05, 0) is 64.4 Å². The summed E-state index contributed by atoms with van der Waals surface area (Å²) in [6, 6.07) is 14.0. The Morgan fingerprint density at radius 3 is 1.97 bits per heavy atom. The minimum Gasteiger partial charge on any atom is -0.379 e. The molecule has 1 unspecified atom stereocenters. The van der Waals surface area contributed by atoms with Gasteiger partial charge < -0.3 is 39.1 Å². The van der Waals surface area contributed by atoms with Gasteiger partial charge in [0.15, 0.2) is 11.0 Å². The molecule has 4 aromatic rings. The van der Waals surface area contributed by atoms with Gasteiger partial charge >= 0.3 is 0 Å². The number of hydrogen-bond donors (Lipinski definition) is 4. The number of anilines is 3. The van der Waals surface area contributed by atoms with E-state index in [1.165, 1.54) is 16.2 Å². The van der Waals surface area contributed by atoms with Gasteiger partial charge in [0, 0.05) is 32.4 Å². The third-order valence-electron chi connectivity index (χ3n) is 10.5. The summed E-state index contributed by atoms with van der Waals surface area (Å²) < 4.78 is 33.4. The Labute approximate surface area is 398 Å². The first-order valence-electron chi connectivity index (χ1n) is 21.9. The lowest BCUT2D eigenvalue weighted by molar-refractivity contribution is -0.121. The molecule has 20 heteroatoms. The van der Waals surface area contributed by atoms with Crippen LogP contribution in [0.2, 0.25) is 5.02 Å². The van der Waals surface area contributed by atoms with Crippen molar-refractivity contribution in [3.63, 3.8) is 0 Å². The lowest BCUT2D eigenvalue weighted by atomic mass is 9.99. The molecule has 0 saturated carbocycles. The molecule has 2 aromatic heterocycles. The molecule has 0 bridgehead atoms. The van der Waals surface area contributed by atoms with Crippen LogP contribution in [0, 0.1) is 27.7 Å². The highest BCUT2D eigenvalue weighted by Crippen LogP contribution is 2.41. The Bertz CT molecular complexity index is 2290. The van der Waals surface area contributed by atoms with Crippen molar-refractivity contribution in [3.8, 4) is 0 Å². The highest BCUT2D eigenvalue weighted by molar-refractivity contribution is 7.17. The number of aliphatic imine (C=N–C) groups is 1. The highest BCUT2D eigenvalue weighted by atomic mass is 35.5. The molecule has 6 rings (SSSR count). The Kier molecular flexibility index (Phi) is 19.9. The zero-order valence-corrected chi connectivity index (χ0v) is 40.4. The van der Waals surface area contributed by atoms with Crippen LogP contribution in [0.3, 0.4) is 0 Å². The van der Waals surface area contributed by atoms with Gasteiger partial charge in [0.25, 0.3) is 5.91 Å². The van der Waals surface area contributed by atoms with Gasteiger partial charge in [-0.15, -0.1) is 22.7 Å². The third-order valence-corrected chi connectivity index (χ3v) is 12.9. The monoisotopic (exact) mass is 966 g/mol. The molecule has 3 amide bonds. The molecule has 4 N–H and O–H groups in total. The van der Waals surface area contributed by atoms with Crippen LogP contribution in [-0.4, -0.2) is 132 Å². The van der Waals surface area contributed by atoms with Crippen LogP contribution in [0.4, 0.5) is 15.8 Å². The SMILES string of the molecule is Cc1nc(NC(=O)c2ccccc2NC(=O)CCOCCOCCOCCOCCOCCOCCNC(=O)C[C@@H]2N=C(c3ccc(Cl)cc3)c3c(sc(C)c3C)N3C2=NNC3C)sc1C. The fourth-order valence-electron chi connectivity index (χ4n) is 6.85. The Morgan fingerprint density at radius 2 is 1.35 bits per heavy atom. The minimum absolute atomic E-state index is 0.0820. The van der Waals surface area contributed by atoms with Crippen molar-refractivity contribution >= 4 is 79.4 Å². The van der Waals surface area contributed by atoms with E-state index in [0.29, 0.717) is 101 Å². The van der Waals surface area contributed by atoms with Crippen molar-refractivity contribution in [2.45, 2.75) is 59.7 Å². The van der Waals surface area contributed by atoms with Crippen molar-refractivity contribution in [3.05, 3.63) is 91.3 Å². The number of nitrogens with one attached hydrogen (secondary N) is 4. The lowest BCUT2D eigenvalue weighted by Gasteiger charge is -2.24. The maximum Gasteiger partial charge on any atom is 0.259 e. The molecular formula is C46H59ClN8O9S2. The van der Waals surface area contributed by atoms with Crippen LogP contribution in [0.15, 0.2) is 58.6 Å². The molecule has 0 spiro atoms. The second-order valence-electron chi connectivity index (χ2n) is 15.3. The number of carbonyl (C=O) groups excluding carboxylic acids is 3. The summed E-state index contributed by atoms with van der Waals surface area (Å²) in [5.41, 5.74) is 8.79. The van der Waals surface area contributed by atoms with Crippen LogP contribution in [-0.2, 0) is 38.0 Å². The van der Waals surface area contributed by atoms with Crippen molar-refractivity contribution in [1.82, 2.24) is 15.7 Å². The van der Waals surface area contributed by atoms with E-state index >= 15 is 0 Å². The van der Waals surface area contributed by atoms with Gasteiger partial charge in [0.2, 0.25) is 11.8 Å². The minimum atomic E-state index is -0.493. The molecule has 66 heavy (non-hydrogen) atoms. The number of carbonyl (C=O) groups is 3. The van der Waals surface area contributed by atoms with E-state index in [-0.39, 0.29) is 43.3 Å². The molecule has 4 heterocycles. The summed E-state index contributed by atoms with van der Waals surface area (Å²) in [7, 11) is 0. The lowest BCUT2D eigenvalue weighted by Crippen LogP contribution is -2.43. The molecule has 2 atom stereocenters. The average Bonchev–Trinajstić information content (AvgIpc) is 3.90. The van der Waals surface area contributed by atoms with Crippen molar-refractivity contribution in [2.24, 2.45) is 10.1 Å². The molecule has 0 saturated heterocycles. The molecule has 0 radical (unpaired) electrons. The fourth-order valence-corrected chi connectivity index (χ4v) is 9.04. The van der Waals surface area contributed by atoms with E-state index in [2.05, 4.69) is 57.1 Å². The summed E-state index contributed by atoms with van der Waals surface area (Å²) >= 11 is 9.34. The molecule has 2 aliphatic rings. The molecule has 2 aromatic carbocycles. The predicted molar refractivity (Wildman–Crippen MR) is 259 cm³/mol. The molecule has 17 nitrogen and oxygen atoms in total. The number of hydrogen-bond acceptors (Lipinski definition) is 16. The summed E-state index contributed by atoms with van der Waals surface area (Å²) in [6.07, 6.45) is 0.178. The number of fused-ring (bicyclic) bond motifs is 3. The number of benzene rings is 2. The van der Waals surface area contributed by atoms with E-state index in [1.54, 1.807) is 35.6 Å². The number of thiazole rings is 1. The predicted octanol–water partition coefficient (Wildman–Crippen LogP) is 6.27. The van der Waals surface area contributed by atoms with Crippen LogP contribution < -0.4 is 26.3 Å². The number of amidine groups is 1. The standard InChI is InChI=1S/C46H59ClN8O9S2/c1-29-31(3)65-45-41(29)42(34-10-12-35(47)13-11-34)51-38(43-54-53-33(5)55(43)45)28-40(57)48-15-17-60-19-21-62-23-25-64-27-26-63-24-22-61-20-18-59-16-14-39(56)50-37-9-7-6-8-36(37)44(58)52-46-49-30(2)32(4)66-46/h6-13,33,38,53H,14-28H2,1-5H3,(H,48,57)(H,50,56)(H,49,52,58)/t33?,38-/m0/s1. The van der Waals surface area contributed by atoms with Crippen molar-refractivity contribution in [1.29, 1.82) is 0 Å². The smallest absolute Gasteiger partial charge is 0.259 e. The average molecular weight is 968 g/mol. The molecule has 356 valence electrons. The van der Waals surface area contributed by atoms with Crippen molar-refractivity contribution in [2.75, 3.05) is 101 Å². The summed E-state index contributed by atoms with van der Waals surface area (Å²) in [4.78, 5) is 52.5. The van der Waals surface area contributed by atoms with Crippen molar-refractivity contribution < 1.29 is 42.8 Å². The van der Waals surface area contributed by atoms with Crippen LogP contribution >= 0.6 is 34.3 Å². The van der Waals surface area contributed by atoms with E-state index in [9.17, 15) is 14.4 Å². The number of rotatable bonds is 27. The van der Waals surface area contributed by atoms with E-state index in [1.807, 2.05) is 38.1 Å². The van der Waals surface area contributed by atoms with Gasteiger partial charge in [0.05, 0.1) is 115 Å². The highest BCUT2D eigenvalue weighted by Gasteiger charge is 2.39. The number of aryl methyl sites for hydroxylation is 3. The summed E-state index contributed by atoms with van der Waals surface area (Å²) in [5, 5.41) is 15.4. The third kappa shape index (κ3) is 14.6. The molecular weight excluding hydrogens is 908 g/mol. The first-order chi connectivity index (χ1) is 32.0. The maximum absolute atomic E-state index is 13.2. The first kappa shape index (κ1) is 50.6. The Balaban J connectivity index is 0.738. The topological polar surface area (TPSA) is 196 Å². The molecule has 0 aliphatic carbocycles. The van der Waals surface area contributed by atoms with E-state index in [0.717, 1.165) is 43.8 Å². The van der Waals surface area contributed by atoms with Gasteiger partial charge in [-0.2, -0.15) is 5.10 Å². The molecule has 2 aliphatic heterocycles. The van der Waals surface area contributed by atoms with Crippen LogP contribution in [0.25, 0.3) is 0 Å². The van der Waals surface area contributed by atoms with Gasteiger partial charge in [-0.3, -0.25) is 35.0 Å². The number of ether oxygens (including phenoxy) is 6. The Morgan fingerprint density at radius 1 is 0.742 bits per heavy atom. The molecule has 0 fully saturated rings. The van der Waals surface area contributed by atoms with Gasteiger partial charge in [0.1, 0.15) is 17.2 Å². The summed E-state index contributed by atoms with van der Waals surface area (Å²) in [5.74, 6) is -0.0307. The summed E-state index contributed by atoms with van der Waals surface area (Å²) in [6.45, 7) is 15.0. The number of halogens is 1. The van der Waals surface area contributed by atoms with E-state index in [4.69, 9.17) is 45.0 Å². The normalized spacial score (nSPS) is 15.3. The van der Waals surface area contributed by atoms with E-state index < -0.39 is 6.04 Å². The fraction of sp³-hybridized carbons (Fsp3) is 0.478. The number of thiophene rings is 1. The zero-order chi connectivity index (χ0) is 46.8. The maximum atomic E-state index is 13.2. The zero-order valence-electron chi connectivity index (χ0n) is 38.0. The Hall–Kier alpha value is -4.83. The number of hydrazone groups is 1.